The highest BCUT2D eigenvalue weighted by Crippen LogP contribution is 2.14. The van der Waals surface area contributed by atoms with Gasteiger partial charge in [0.15, 0.2) is 0 Å². The van der Waals surface area contributed by atoms with Crippen molar-refractivity contribution in [3.63, 3.8) is 0 Å². The van der Waals surface area contributed by atoms with Crippen LogP contribution in [0.3, 0.4) is 0 Å². The maximum atomic E-state index is 12.8. The van der Waals surface area contributed by atoms with E-state index in [2.05, 4.69) is 15.9 Å². The predicted molar refractivity (Wildman–Crippen MR) is 46.3 cm³/mol. The molecule has 0 aromatic heterocycles. The average molecular weight is 201 g/mol. The molecule has 1 aromatic rings. The van der Waals surface area contributed by atoms with E-state index in [-0.39, 0.29) is 5.82 Å². The highest BCUT2D eigenvalue weighted by molar-refractivity contribution is 9.10. The standard InChI is InChI=1S/C7H7BBrF/c8-4-5-1-2-6(9)3-7(5)10/h1-3H,4,8H2. The van der Waals surface area contributed by atoms with E-state index >= 15 is 0 Å². The molecule has 1 aromatic carbocycles. The minimum Gasteiger partial charge on any atom is -0.207 e. The van der Waals surface area contributed by atoms with Crippen molar-refractivity contribution in [3.05, 3.63) is 34.1 Å². The molecule has 0 bridgehead atoms. The van der Waals surface area contributed by atoms with E-state index in [0.29, 0.717) is 0 Å². The molecule has 0 saturated heterocycles. The zero-order valence-electron chi connectivity index (χ0n) is 5.70. The van der Waals surface area contributed by atoms with Gasteiger partial charge in [0.2, 0.25) is 0 Å². The van der Waals surface area contributed by atoms with Crippen LogP contribution in [0.25, 0.3) is 0 Å². The summed E-state index contributed by atoms with van der Waals surface area (Å²) in [7, 11) is 1.94. The van der Waals surface area contributed by atoms with E-state index in [4.69, 9.17) is 0 Å². The highest BCUT2D eigenvalue weighted by atomic mass is 79.9. The second-order valence-electron chi connectivity index (χ2n) is 2.09. The first-order valence-electron chi connectivity index (χ1n) is 3.18. The van der Waals surface area contributed by atoms with Crippen molar-refractivity contribution in [3.8, 4) is 0 Å². The van der Waals surface area contributed by atoms with Gasteiger partial charge in [-0.1, -0.05) is 28.3 Å². The van der Waals surface area contributed by atoms with Crippen LogP contribution in [0.1, 0.15) is 5.56 Å². The Hall–Kier alpha value is -0.305. The van der Waals surface area contributed by atoms with Crippen molar-refractivity contribution in [2.45, 2.75) is 6.32 Å². The summed E-state index contributed by atoms with van der Waals surface area (Å²) in [5.74, 6) is -0.128. The van der Waals surface area contributed by atoms with Crippen LogP contribution < -0.4 is 0 Å². The molecule has 0 spiro atoms. The fourth-order valence-electron chi connectivity index (χ4n) is 0.808. The quantitative estimate of drug-likeness (QED) is 0.606. The van der Waals surface area contributed by atoms with Crippen molar-refractivity contribution >= 4 is 23.8 Å². The van der Waals surface area contributed by atoms with Crippen molar-refractivity contribution in [1.82, 2.24) is 0 Å². The molecule has 3 heteroatoms. The van der Waals surface area contributed by atoms with E-state index in [1.807, 2.05) is 13.9 Å². The van der Waals surface area contributed by atoms with Gasteiger partial charge in [-0.3, -0.25) is 0 Å². The van der Waals surface area contributed by atoms with Crippen molar-refractivity contribution in [1.29, 1.82) is 0 Å². The largest absolute Gasteiger partial charge is 0.207 e. The first-order valence-corrected chi connectivity index (χ1v) is 3.97. The summed E-state index contributed by atoms with van der Waals surface area (Å²) in [6.45, 7) is 0. The molecular weight excluding hydrogens is 194 g/mol. The molecule has 0 fully saturated rings. The minimum absolute atomic E-state index is 0.128. The lowest BCUT2D eigenvalue weighted by atomic mass is 9.97. The SMILES string of the molecule is BCc1ccc(Br)cc1F. The third kappa shape index (κ3) is 1.60. The maximum Gasteiger partial charge on any atom is 0.126 e. The molecule has 10 heavy (non-hydrogen) atoms. The molecule has 0 heterocycles. The van der Waals surface area contributed by atoms with Crippen LogP contribution in [0, 0.1) is 5.82 Å². The van der Waals surface area contributed by atoms with Gasteiger partial charge in [0.25, 0.3) is 0 Å². The van der Waals surface area contributed by atoms with E-state index in [1.54, 1.807) is 6.07 Å². The Morgan fingerprint density at radius 3 is 2.70 bits per heavy atom. The Morgan fingerprint density at radius 1 is 1.50 bits per heavy atom. The highest BCUT2D eigenvalue weighted by Gasteiger charge is 1.98. The Kier molecular flexibility index (Phi) is 2.49. The third-order valence-corrected chi connectivity index (χ3v) is 1.89. The molecule has 0 amide bonds. The Morgan fingerprint density at radius 2 is 2.20 bits per heavy atom. The summed E-state index contributed by atoms with van der Waals surface area (Å²) in [5, 5.41) is 0. The van der Waals surface area contributed by atoms with Crippen LogP contribution in [0.4, 0.5) is 4.39 Å². The summed E-state index contributed by atoms with van der Waals surface area (Å²) in [6.07, 6.45) is 0.749. The monoisotopic (exact) mass is 200 g/mol. The number of rotatable bonds is 1. The van der Waals surface area contributed by atoms with Gasteiger partial charge in [0.1, 0.15) is 13.7 Å². The van der Waals surface area contributed by atoms with Gasteiger partial charge in [0, 0.05) is 4.47 Å². The first-order chi connectivity index (χ1) is 4.74. The van der Waals surface area contributed by atoms with Crippen LogP contribution in [0.2, 0.25) is 0 Å². The second-order valence-corrected chi connectivity index (χ2v) is 3.00. The topological polar surface area (TPSA) is 0 Å². The summed E-state index contributed by atoms with van der Waals surface area (Å²) >= 11 is 3.19. The molecule has 0 atom stereocenters. The van der Waals surface area contributed by atoms with E-state index in [9.17, 15) is 4.39 Å². The van der Waals surface area contributed by atoms with Crippen LogP contribution in [0.15, 0.2) is 22.7 Å². The number of hydrogen-bond donors (Lipinski definition) is 0. The number of benzene rings is 1. The van der Waals surface area contributed by atoms with Crippen molar-refractivity contribution in [2.24, 2.45) is 0 Å². The van der Waals surface area contributed by atoms with Gasteiger partial charge in [-0.05, 0) is 17.7 Å². The van der Waals surface area contributed by atoms with Gasteiger partial charge in [-0.2, -0.15) is 0 Å². The molecule has 0 N–H and O–H groups in total. The molecule has 0 radical (unpaired) electrons. The van der Waals surface area contributed by atoms with Gasteiger partial charge in [0.05, 0.1) is 0 Å². The van der Waals surface area contributed by atoms with Crippen LogP contribution in [-0.4, -0.2) is 7.85 Å². The molecular formula is C7H7BBrF. The number of halogens is 2. The number of hydrogen-bond acceptors (Lipinski definition) is 0. The maximum absolute atomic E-state index is 12.8. The van der Waals surface area contributed by atoms with Gasteiger partial charge in [-0.15, -0.1) is 0 Å². The minimum atomic E-state index is -0.128. The van der Waals surface area contributed by atoms with Crippen LogP contribution >= 0.6 is 15.9 Å². The van der Waals surface area contributed by atoms with Gasteiger partial charge >= 0.3 is 0 Å². The second kappa shape index (κ2) is 3.19. The summed E-state index contributed by atoms with van der Waals surface area (Å²) in [6, 6.07) is 5.13. The summed E-state index contributed by atoms with van der Waals surface area (Å²) in [5.41, 5.74) is 0.767. The van der Waals surface area contributed by atoms with E-state index < -0.39 is 0 Å². The zero-order valence-corrected chi connectivity index (χ0v) is 7.28. The van der Waals surface area contributed by atoms with E-state index in [0.717, 1.165) is 16.4 Å². The lowest BCUT2D eigenvalue weighted by Crippen LogP contribution is -1.88. The predicted octanol–water partition coefficient (Wildman–Crippen LogP) is 1.72. The molecule has 0 unspecified atom stereocenters. The normalized spacial score (nSPS) is 9.80. The molecule has 52 valence electrons. The Balaban J connectivity index is 3.07. The smallest absolute Gasteiger partial charge is 0.126 e. The molecule has 0 aliphatic heterocycles. The lowest BCUT2D eigenvalue weighted by Gasteiger charge is -1.97. The zero-order chi connectivity index (χ0) is 7.56. The average Bonchev–Trinajstić information content (AvgIpc) is 1.88. The molecule has 0 aliphatic carbocycles. The van der Waals surface area contributed by atoms with Crippen LogP contribution in [0.5, 0.6) is 0 Å². The van der Waals surface area contributed by atoms with Crippen molar-refractivity contribution < 1.29 is 4.39 Å². The summed E-state index contributed by atoms with van der Waals surface area (Å²) in [4.78, 5) is 0. The Labute approximate surface area is 69.0 Å². The van der Waals surface area contributed by atoms with E-state index in [1.165, 1.54) is 6.07 Å². The van der Waals surface area contributed by atoms with Gasteiger partial charge in [-0.25, -0.2) is 4.39 Å². The third-order valence-electron chi connectivity index (χ3n) is 1.40. The van der Waals surface area contributed by atoms with Gasteiger partial charge < -0.3 is 0 Å². The van der Waals surface area contributed by atoms with Crippen molar-refractivity contribution in [2.75, 3.05) is 0 Å². The fraction of sp³-hybridized carbons (Fsp3) is 0.143. The molecule has 0 aliphatic rings. The fourth-order valence-corrected chi connectivity index (χ4v) is 1.14. The molecule has 0 saturated carbocycles. The Bertz CT molecular complexity index is 237. The van der Waals surface area contributed by atoms with Crippen LogP contribution in [-0.2, 0) is 6.32 Å². The summed E-state index contributed by atoms with van der Waals surface area (Å²) < 4.78 is 13.6. The molecule has 1 rings (SSSR count). The first kappa shape index (κ1) is 7.80. The molecule has 0 nitrogen and oxygen atoms in total. The lowest BCUT2D eigenvalue weighted by molar-refractivity contribution is 0.616.